The van der Waals surface area contributed by atoms with Crippen molar-refractivity contribution in [2.45, 2.75) is 25.4 Å². The molecule has 0 atom stereocenters. The van der Waals surface area contributed by atoms with Gasteiger partial charge in [0.15, 0.2) is 0 Å². The van der Waals surface area contributed by atoms with E-state index in [9.17, 15) is 14.4 Å². The van der Waals surface area contributed by atoms with Gasteiger partial charge in [-0.3, -0.25) is 9.59 Å². The van der Waals surface area contributed by atoms with E-state index in [2.05, 4.69) is 0 Å². The fraction of sp³-hybridized carbons (Fsp3) is 0.462. The highest BCUT2D eigenvalue weighted by molar-refractivity contribution is 7.07. The predicted molar refractivity (Wildman–Crippen MR) is 75.1 cm³/mol. The summed E-state index contributed by atoms with van der Waals surface area (Å²) in [5.41, 5.74) is 0.964. The van der Waals surface area contributed by atoms with Crippen LogP contribution < -0.4 is 0 Å². The van der Waals surface area contributed by atoms with Crippen molar-refractivity contribution in [1.82, 2.24) is 9.80 Å². The summed E-state index contributed by atoms with van der Waals surface area (Å²) in [4.78, 5) is 36.5. The number of hydrogen-bond acceptors (Lipinski definition) is 4. The zero-order valence-corrected chi connectivity index (χ0v) is 12.1. The van der Waals surface area contributed by atoms with Gasteiger partial charge in [-0.1, -0.05) is 0 Å². The number of aliphatic carboxylic acids is 2. The zero-order chi connectivity index (χ0) is 15.4. The number of amides is 2. The molecular formula is C13H16N2O5S. The van der Waals surface area contributed by atoms with Gasteiger partial charge in [-0.05, 0) is 35.2 Å². The average Bonchev–Trinajstić information content (AvgIpc) is 3.10. The number of nitrogens with zero attached hydrogens (tertiary/aromatic N) is 2. The van der Waals surface area contributed by atoms with Gasteiger partial charge in [-0.25, -0.2) is 4.79 Å². The summed E-state index contributed by atoms with van der Waals surface area (Å²) < 4.78 is 0. The highest BCUT2D eigenvalue weighted by Crippen LogP contribution is 2.29. The summed E-state index contributed by atoms with van der Waals surface area (Å²) in [5, 5.41) is 21.5. The van der Waals surface area contributed by atoms with E-state index in [1.165, 1.54) is 11.3 Å². The van der Waals surface area contributed by atoms with E-state index in [-0.39, 0.29) is 6.04 Å². The molecule has 0 spiro atoms. The number of carboxylic acid groups (broad SMARTS) is 2. The van der Waals surface area contributed by atoms with Crippen molar-refractivity contribution in [1.29, 1.82) is 0 Å². The van der Waals surface area contributed by atoms with Crippen molar-refractivity contribution in [3.05, 3.63) is 22.4 Å². The Morgan fingerprint density at radius 2 is 1.81 bits per heavy atom. The predicted octanol–water partition coefficient (Wildman–Crippen LogP) is 1.30. The number of urea groups is 1. The molecule has 1 saturated carbocycles. The lowest BCUT2D eigenvalue weighted by Gasteiger charge is -2.28. The largest absolute Gasteiger partial charge is 0.480 e. The molecule has 0 unspecified atom stereocenters. The third-order valence-corrected chi connectivity index (χ3v) is 3.82. The summed E-state index contributed by atoms with van der Waals surface area (Å²) in [6.07, 6.45) is 1.73. The molecule has 1 aromatic rings. The van der Waals surface area contributed by atoms with Gasteiger partial charge in [-0.2, -0.15) is 11.3 Å². The topological polar surface area (TPSA) is 98.1 Å². The van der Waals surface area contributed by atoms with Crippen molar-refractivity contribution in [3.63, 3.8) is 0 Å². The van der Waals surface area contributed by atoms with Crippen molar-refractivity contribution in [2.75, 3.05) is 13.1 Å². The first kappa shape index (κ1) is 15.3. The van der Waals surface area contributed by atoms with Crippen LogP contribution >= 0.6 is 11.3 Å². The van der Waals surface area contributed by atoms with Gasteiger partial charge in [0.25, 0.3) is 0 Å². The summed E-state index contributed by atoms with van der Waals surface area (Å²) >= 11 is 1.52. The fourth-order valence-electron chi connectivity index (χ4n) is 2.02. The minimum Gasteiger partial charge on any atom is -0.480 e. The van der Waals surface area contributed by atoms with Crippen LogP contribution in [0.4, 0.5) is 4.79 Å². The summed E-state index contributed by atoms with van der Waals surface area (Å²) in [6.45, 7) is -0.848. The Balaban J connectivity index is 2.10. The molecule has 8 heteroatoms. The second-order valence-corrected chi connectivity index (χ2v) is 5.70. The third-order valence-electron chi connectivity index (χ3n) is 3.09. The maximum Gasteiger partial charge on any atom is 0.323 e. The zero-order valence-electron chi connectivity index (χ0n) is 11.3. The monoisotopic (exact) mass is 312 g/mol. The Hall–Kier alpha value is -2.09. The van der Waals surface area contributed by atoms with Crippen molar-refractivity contribution in [2.24, 2.45) is 0 Å². The SMILES string of the molecule is O=C(O)CN(CC(=O)O)C(=O)N(Cc1ccsc1)C1CC1. The maximum atomic E-state index is 12.5. The molecule has 2 rings (SSSR count). The molecule has 0 saturated heterocycles. The molecule has 1 aliphatic rings. The number of carbonyl (C=O) groups excluding carboxylic acids is 1. The van der Waals surface area contributed by atoms with Gasteiger partial charge >= 0.3 is 18.0 Å². The molecule has 1 fully saturated rings. The molecule has 1 aromatic heterocycles. The molecule has 0 aromatic carbocycles. The van der Waals surface area contributed by atoms with Crippen LogP contribution in [0.15, 0.2) is 16.8 Å². The molecule has 0 aliphatic heterocycles. The van der Waals surface area contributed by atoms with Crippen LogP contribution in [0.5, 0.6) is 0 Å². The maximum absolute atomic E-state index is 12.5. The Kier molecular flexibility index (Phi) is 4.79. The minimum absolute atomic E-state index is 0.0717. The van der Waals surface area contributed by atoms with Crippen LogP contribution in [0, 0.1) is 0 Å². The first-order chi connectivity index (χ1) is 9.97. The van der Waals surface area contributed by atoms with E-state index in [4.69, 9.17) is 10.2 Å². The highest BCUT2D eigenvalue weighted by Gasteiger charge is 2.36. The van der Waals surface area contributed by atoms with Gasteiger partial charge in [0.1, 0.15) is 13.1 Å². The third kappa shape index (κ3) is 4.45. The smallest absolute Gasteiger partial charge is 0.323 e. The summed E-state index contributed by atoms with van der Waals surface area (Å²) in [6, 6.07) is 1.43. The van der Waals surface area contributed by atoms with Gasteiger partial charge < -0.3 is 20.0 Å². The Labute approximate surface area is 125 Å². The highest BCUT2D eigenvalue weighted by atomic mass is 32.1. The summed E-state index contributed by atoms with van der Waals surface area (Å²) in [7, 11) is 0. The van der Waals surface area contributed by atoms with E-state index in [1.54, 1.807) is 4.90 Å². The number of hydrogen-bond donors (Lipinski definition) is 2. The first-order valence-electron chi connectivity index (χ1n) is 6.47. The second-order valence-electron chi connectivity index (χ2n) is 4.92. The summed E-state index contributed by atoms with van der Waals surface area (Å²) in [5.74, 6) is -2.45. The molecule has 1 aliphatic carbocycles. The minimum atomic E-state index is -1.23. The Morgan fingerprint density at radius 3 is 2.24 bits per heavy atom. The van der Waals surface area contributed by atoms with E-state index in [0.717, 1.165) is 23.3 Å². The first-order valence-corrected chi connectivity index (χ1v) is 7.42. The van der Waals surface area contributed by atoms with Crippen molar-refractivity contribution in [3.8, 4) is 0 Å². The normalized spacial score (nSPS) is 13.7. The standard InChI is InChI=1S/C13H16N2O5S/c16-11(17)6-14(7-12(18)19)13(20)15(10-1-2-10)5-9-3-4-21-8-9/h3-4,8,10H,1-2,5-7H2,(H,16,17)(H,18,19). The van der Waals surface area contributed by atoms with E-state index in [1.807, 2.05) is 16.8 Å². The number of carbonyl (C=O) groups is 3. The van der Waals surface area contributed by atoms with Crippen LogP contribution in [0.2, 0.25) is 0 Å². The van der Waals surface area contributed by atoms with Gasteiger partial charge in [0.05, 0.1) is 0 Å². The second kappa shape index (κ2) is 6.57. The number of thiophene rings is 1. The lowest BCUT2D eigenvalue weighted by Crippen LogP contribution is -2.47. The molecule has 0 bridgehead atoms. The number of carboxylic acids is 2. The van der Waals surface area contributed by atoms with E-state index < -0.39 is 31.1 Å². The molecule has 2 amide bonds. The lowest BCUT2D eigenvalue weighted by molar-refractivity contribution is -0.140. The molecular weight excluding hydrogens is 296 g/mol. The average molecular weight is 312 g/mol. The van der Waals surface area contributed by atoms with Crippen LogP contribution in [0.3, 0.4) is 0 Å². The van der Waals surface area contributed by atoms with E-state index >= 15 is 0 Å². The van der Waals surface area contributed by atoms with Crippen LogP contribution in [-0.2, 0) is 16.1 Å². The Bertz CT molecular complexity index is 511. The molecule has 1 heterocycles. The number of rotatable bonds is 7. The molecule has 7 nitrogen and oxygen atoms in total. The van der Waals surface area contributed by atoms with Crippen LogP contribution in [-0.4, -0.2) is 57.1 Å². The molecule has 21 heavy (non-hydrogen) atoms. The molecule has 2 N–H and O–H groups in total. The van der Waals surface area contributed by atoms with Crippen molar-refractivity contribution < 1.29 is 24.6 Å². The van der Waals surface area contributed by atoms with Gasteiger partial charge in [0.2, 0.25) is 0 Å². The van der Waals surface area contributed by atoms with E-state index in [0.29, 0.717) is 6.54 Å². The fourth-order valence-corrected chi connectivity index (χ4v) is 2.68. The molecule has 0 radical (unpaired) electrons. The lowest BCUT2D eigenvalue weighted by atomic mass is 10.3. The van der Waals surface area contributed by atoms with Crippen LogP contribution in [0.1, 0.15) is 18.4 Å². The van der Waals surface area contributed by atoms with Gasteiger partial charge in [-0.15, -0.1) is 0 Å². The quantitative estimate of drug-likeness (QED) is 0.791. The Morgan fingerprint density at radius 1 is 1.19 bits per heavy atom. The molecule has 114 valence electrons. The van der Waals surface area contributed by atoms with Gasteiger partial charge in [0, 0.05) is 12.6 Å². The van der Waals surface area contributed by atoms with Crippen LogP contribution in [0.25, 0.3) is 0 Å². The van der Waals surface area contributed by atoms with Crippen molar-refractivity contribution >= 4 is 29.3 Å².